The smallest absolute Gasteiger partial charge is 0.0732 e. The summed E-state index contributed by atoms with van der Waals surface area (Å²) in [6.45, 7) is 9.56. The lowest BCUT2D eigenvalue weighted by Crippen LogP contribution is -2.26. The van der Waals surface area contributed by atoms with Gasteiger partial charge in [-0.2, -0.15) is 0 Å². The largest absolute Gasteiger partial charge is 0.309 e. The number of hydrogen-bond donors (Lipinski definition) is 0. The van der Waals surface area contributed by atoms with E-state index in [1.165, 1.54) is 126 Å². The maximum atomic E-state index is 2.57. The quantitative estimate of drug-likeness (QED) is 0.172. The minimum Gasteiger partial charge on any atom is -0.309 e. The number of fused-ring (bicyclic) bond motifs is 20. The van der Waals surface area contributed by atoms with Gasteiger partial charge in [0.25, 0.3) is 0 Å². The molecule has 2 heteroatoms. The van der Waals surface area contributed by atoms with Gasteiger partial charge in [-0.25, -0.2) is 0 Å². The van der Waals surface area contributed by atoms with E-state index >= 15 is 0 Å². The van der Waals surface area contributed by atoms with Crippen LogP contribution in [-0.4, -0.2) is 0 Å². The first-order chi connectivity index (χ1) is 30.8. The minimum atomic E-state index is -0.427. The third-order valence-corrected chi connectivity index (χ3v) is 16.7. The zero-order chi connectivity index (χ0) is 42.0. The molecule has 0 saturated heterocycles. The second-order valence-electron chi connectivity index (χ2n) is 19.1. The van der Waals surface area contributed by atoms with E-state index in [1.807, 2.05) is 11.3 Å². The fourth-order valence-corrected chi connectivity index (χ4v) is 13.9. The Hall–Kier alpha value is -7.00. The van der Waals surface area contributed by atoms with Gasteiger partial charge in [0.2, 0.25) is 0 Å². The van der Waals surface area contributed by atoms with Crippen molar-refractivity contribution in [1.82, 2.24) is 0 Å². The van der Waals surface area contributed by atoms with Crippen molar-refractivity contribution in [2.75, 3.05) is 4.90 Å². The lowest BCUT2D eigenvalue weighted by atomic mass is 9.69. The first-order valence-electron chi connectivity index (χ1n) is 22.3. The third kappa shape index (κ3) is 4.33. The average molecular weight is 822 g/mol. The third-order valence-electron chi connectivity index (χ3n) is 15.5. The fourth-order valence-electron chi connectivity index (χ4n) is 12.7. The Labute approximate surface area is 372 Å². The SMILES string of the molecule is CC1(C)c2ccccc2-c2ccc(N(c3ccc4c(c3)C(C)(C)c3ccccc3-4)c3cccc4c3sc3ccc5c(c34)C3(c4ccccc4-c4ccccc43)c3ccccc3-5)cc21. The summed E-state index contributed by atoms with van der Waals surface area (Å²) in [5, 5.41) is 2.68. The average Bonchev–Trinajstić information content (AvgIpc) is 4.06. The zero-order valence-corrected chi connectivity index (χ0v) is 36.6. The van der Waals surface area contributed by atoms with Gasteiger partial charge in [0.05, 0.1) is 15.8 Å². The standard InChI is InChI=1S/C61H43NS/c1-59(2)47-22-10-5-16-38(47)43-30-28-36(34-52(43)59)62(37-29-31-44-39-17-6-11-23-48(39)60(3,4)53(44)35-37)54-27-15-21-46-56-55(63-58(46)54)33-32-45-42-20-9-14-26-51(42)61(57(45)56)49-24-12-7-18-40(49)41-19-8-13-25-50(41)61/h5-35H,1-4H3. The topological polar surface area (TPSA) is 3.24 Å². The molecule has 1 spiro atoms. The number of thiophene rings is 1. The van der Waals surface area contributed by atoms with Crippen molar-refractivity contribution in [3.05, 3.63) is 233 Å². The van der Waals surface area contributed by atoms with E-state index in [0.29, 0.717) is 0 Å². The molecule has 0 bridgehead atoms. The summed E-state index contributed by atoms with van der Waals surface area (Å²) in [5.41, 5.74) is 24.7. The van der Waals surface area contributed by atoms with Crippen molar-refractivity contribution in [3.8, 4) is 44.5 Å². The molecule has 0 unspecified atom stereocenters. The van der Waals surface area contributed by atoms with Crippen LogP contribution in [0, 0.1) is 0 Å². The first-order valence-corrected chi connectivity index (χ1v) is 23.2. The predicted octanol–water partition coefficient (Wildman–Crippen LogP) is 16.5. The van der Waals surface area contributed by atoms with Crippen LogP contribution in [0.25, 0.3) is 64.7 Å². The fraction of sp³-hybridized carbons (Fsp3) is 0.115. The molecule has 63 heavy (non-hydrogen) atoms. The highest BCUT2D eigenvalue weighted by molar-refractivity contribution is 7.26. The lowest BCUT2D eigenvalue weighted by molar-refractivity contribution is 0.660. The molecule has 4 aliphatic carbocycles. The summed E-state index contributed by atoms with van der Waals surface area (Å²) in [6, 6.07) is 71.8. The first kappa shape index (κ1) is 35.6. The Morgan fingerprint density at radius 3 is 1.29 bits per heavy atom. The molecule has 4 aliphatic rings. The Morgan fingerprint density at radius 1 is 0.365 bits per heavy atom. The van der Waals surface area contributed by atoms with Crippen LogP contribution >= 0.6 is 11.3 Å². The van der Waals surface area contributed by atoms with Crippen LogP contribution in [0.3, 0.4) is 0 Å². The molecule has 0 atom stereocenters. The van der Waals surface area contributed by atoms with Gasteiger partial charge in [-0.1, -0.05) is 179 Å². The molecule has 0 radical (unpaired) electrons. The zero-order valence-electron chi connectivity index (χ0n) is 35.8. The van der Waals surface area contributed by atoms with Crippen molar-refractivity contribution >= 4 is 48.6 Å². The summed E-state index contributed by atoms with van der Waals surface area (Å²) >= 11 is 1.94. The molecule has 0 saturated carbocycles. The van der Waals surface area contributed by atoms with E-state index in [0.717, 1.165) is 0 Å². The van der Waals surface area contributed by atoms with Crippen LogP contribution in [0.2, 0.25) is 0 Å². The monoisotopic (exact) mass is 821 g/mol. The van der Waals surface area contributed by atoms with Crippen molar-refractivity contribution in [3.63, 3.8) is 0 Å². The maximum absolute atomic E-state index is 2.57. The van der Waals surface area contributed by atoms with Crippen LogP contribution in [0.5, 0.6) is 0 Å². The summed E-state index contributed by atoms with van der Waals surface area (Å²) in [5.74, 6) is 0. The Kier molecular flexibility index (Phi) is 6.85. The summed E-state index contributed by atoms with van der Waals surface area (Å²) in [4.78, 5) is 2.57. The molecule has 0 amide bonds. The van der Waals surface area contributed by atoms with E-state index in [9.17, 15) is 0 Å². The van der Waals surface area contributed by atoms with E-state index in [2.05, 4.69) is 221 Å². The molecule has 0 N–H and O–H groups in total. The van der Waals surface area contributed by atoms with Gasteiger partial charge in [-0.15, -0.1) is 11.3 Å². The second kappa shape index (κ2) is 12.1. The van der Waals surface area contributed by atoms with Crippen molar-refractivity contribution in [2.45, 2.75) is 43.9 Å². The van der Waals surface area contributed by atoms with Crippen LogP contribution in [-0.2, 0) is 16.2 Å². The maximum Gasteiger partial charge on any atom is 0.0732 e. The number of benzene rings is 9. The van der Waals surface area contributed by atoms with E-state index in [4.69, 9.17) is 0 Å². The van der Waals surface area contributed by atoms with Gasteiger partial charge in [-0.05, 0) is 125 Å². The van der Waals surface area contributed by atoms with Gasteiger partial charge in [0.1, 0.15) is 0 Å². The van der Waals surface area contributed by atoms with Crippen molar-refractivity contribution in [1.29, 1.82) is 0 Å². The minimum absolute atomic E-state index is 0.128. The number of rotatable bonds is 3. The molecule has 298 valence electrons. The molecule has 1 nitrogen and oxygen atoms in total. The van der Waals surface area contributed by atoms with Gasteiger partial charge < -0.3 is 4.90 Å². The Balaban J connectivity index is 1.06. The van der Waals surface area contributed by atoms with Crippen molar-refractivity contribution in [2.24, 2.45) is 0 Å². The molecular formula is C61H43NS. The number of nitrogens with zero attached hydrogens (tertiary/aromatic N) is 1. The van der Waals surface area contributed by atoms with Gasteiger partial charge in [-0.3, -0.25) is 0 Å². The summed E-state index contributed by atoms with van der Waals surface area (Å²) in [6.07, 6.45) is 0. The van der Waals surface area contributed by atoms with E-state index in [-0.39, 0.29) is 10.8 Å². The van der Waals surface area contributed by atoms with Gasteiger partial charge >= 0.3 is 0 Å². The molecule has 10 aromatic rings. The highest BCUT2D eigenvalue weighted by Gasteiger charge is 2.52. The molecule has 1 heterocycles. The molecule has 0 fully saturated rings. The van der Waals surface area contributed by atoms with E-state index < -0.39 is 5.41 Å². The van der Waals surface area contributed by atoms with Crippen LogP contribution in [0.15, 0.2) is 188 Å². The van der Waals surface area contributed by atoms with Crippen molar-refractivity contribution < 1.29 is 0 Å². The van der Waals surface area contributed by atoms with Crippen LogP contribution in [0.1, 0.15) is 72.2 Å². The second-order valence-corrected chi connectivity index (χ2v) is 20.2. The van der Waals surface area contributed by atoms with Gasteiger partial charge in [0.15, 0.2) is 0 Å². The lowest BCUT2D eigenvalue weighted by Gasteiger charge is -2.31. The summed E-state index contributed by atoms with van der Waals surface area (Å²) in [7, 11) is 0. The normalized spacial score (nSPS) is 15.7. The number of anilines is 3. The molecule has 0 aliphatic heterocycles. The molecule has 1 aromatic heterocycles. The van der Waals surface area contributed by atoms with Gasteiger partial charge in [0, 0.05) is 37.7 Å². The summed E-state index contributed by atoms with van der Waals surface area (Å²) < 4.78 is 2.62. The van der Waals surface area contributed by atoms with Crippen LogP contribution in [0.4, 0.5) is 17.1 Å². The molecule has 14 rings (SSSR count). The van der Waals surface area contributed by atoms with Crippen LogP contribution < -0.4 is 4.90 Å². The highest BCUT2D eigenvalue weighted by atomic mass is 32.1. The highest BCUT2D eigenvalue weighted by Crippen LogP contribution is 2.65. The molecule has 9 aromatic carbocycles. The number of hydrogen-bond acceptors (Lipinski definition) is 2. The Bertz CT molecular complexity index is 3480. The van der Waals surface area contributed by atoms with E-state index in [1.54, 1.807) is 0 Å². The predicted molar refractivity (Wildman–Crippen MR) is 265 cm³/mol. The molecular weight excluding hydrogens is 779 g/mol. The Morgan fingerprint density at radius 2 is 0.778 bits per heavy atom.